The van der Waals surface area contributed by atoms with Crippen molar-refractivity contribution in [3.05, 3.63) is 76.6 Å². The topological polar surface area (TPSA) is 145 Å². The standard InChI is InChI=1S/C31H32N4O6/c36-26-15-20(19-7-2-1-3-8-19)16-27(37)22(26)17-32-14-5-4-11-28(38)33-24-10-6-9-21-23(24)18-35(31(21)41)25-12-13-29(39)34-30(25)40/h1-3,6-10,17,20,25,36H,4-5,11-16,18H2,(H,33,38)(H,34,39,40). The van der Waals surface area contributed by atoms with Gasteiger partial charge < -0.3 is 15.3 Å². The second-order valence-corrected chi connectivity index (χ2v) is 10.6. The molecule has 5 rings (SSSR count). The van der Waals surface area contributed by atoms with E-state index >= 15 is 0 Å². The van der Waals surface area contributed by atoms with Gasteiger partial charge in [0.25, 0.3) is 5.91 Å². The number of nitrogens with zero attached hydrogens (tertiary/aromatic N) is 2. The number of nitrogens with one attached hydrogen (secondary N) is 2. The molecule has 1 fully saturated rings. The molecule has 2 atom stereocenters. The molecule has 3 aliphatic rings. The molecular weight excluding hydrogens is 524 g/mol. The Labute approximate surface area is 237 Å². The van der Waals surface area contributed by atoms with Crippen LogP contribution in [0.1, 0.15) is 72.3 Å². The van der Waals surface area contributed by atoms with Crippen LogP contribution in [0.25, 0.3) is 0 Å². The minimum absolute atomic E-state index is 0.0381. The number of fused-ring (bicyclic) bond motifs is 1. The van der Waals surface area contributed by atoms with Crippen molar-refractivity contribution in [3.63, 3.8) is 0 Å². The highest BCUT2D eigenvalue weighted by molar-refractivity contribution is 6.14. The Kier molecular flexibility index (Phi) is 8.37. The van der Waals surface area contributed by atoms with Crippen LogP contribution < -0.4 is 10.6 Å². The normalized spacial score (nSPS) is 20.9. The summed E-state index contributed by atoms with van der Waals surface area (Å²) in [4.78, 5) is 67.7. The van der Waals surface area contributed by atoms with Crippen molar-refractivity contribution in [2.45, 2.75) is 63.5 Å². The molecule has 0 bridgehead atoms. The molecule has 0 aromatic heterocycles. The summed E-state index contributed by atoms with van der Waals surface area (Å²) < 4.78 is 0. The second-order valence-electron chi connectivity index (χ2n) is 10.6. The SMILES string of the molecule is O=C1CCC(N2Cc3c(NC(=O)CCCCN=CC4=C(O)CC(c5ccccc5)CC4=O)cccc3C2=O)C(=O)N1. The lowest BCUT2D eigenvalue weighted by Gasteiger charge is -2.29. The Hall–Kier alpha value is -4.60. The van der Waals surface area contributed by atoms with Gasteiger partial charge in [0, 0.05) is 61.8 Å². The number of imide groups is 1. The molecule has 1 aliphatic carbocycles. The number of allylic oxidation sites excluding steroid dienone is 2. The highest BCUT2D eigenvalue weighted by Crippen LogP contribution is 2.34. The molecular formula is C31H32N4O6. The lowest BCUT2D eigenvalue weighted by molar-refractivity contribution is -0.137. The summed E-state index contributed by atoms with van der Waals surface area (Å²) >= 11 is 0. The predicted octanol–water partition coefficient (Wildman–Crippen LogP) is 3.59. The molecule has 3 N–H and O–H groups in total. The number of rotatable bonds is 9. The van der Waals surface area contributed by atoms with Gasteiger partial charge in [0.2, 0.25) is 17.7 Å². The van der Waals surface area contributed by atoms with E-state index in [0.29, 0.717) is 49.0 Å². The molecule has 10 nitrogen and oxygen atoms in total. The summed E-state index contributed by atoms with van der Waals surface area (Å²) in [6.07, 6.45) is 4.05. The van der Waals surface area contributed by atoms with Crippen molar-refractivity contribution in [3.8, 4) is 0 Å². The maximum Gasteiger partial charge on any atom is 0.255 e. The van der Waals surface area contributed by atoms with Crippen LogP contribution in [-0.2, 0) is 25.7 Å². The molecule has 0 saturated carbocycles. The van der Waals surface area contributed by atoms with Crippen LogP contribution in [0.2, 0.25) is 0 Å². The summed E-state index contributed by atoms with van der Waals surface area (Å²) in [6, 6.07) is 14.0. The van der Waals surface area contributed by atoms with E-state index in [1.807, 2.05) is 30.3 Å². The van der Waals surface area contributed by atoms with E-state index in [1.54, 1.807) is 18.2 Å². The molecule has 4 amide bonds. The van der Waals surface area contributed by atoms with Crippen molar-refractivity contribution < 1.29 is 29.1 Å². The first-order valence-electron chi connectivity index (χ1n) is 13.9. The summed E-state index contributed by atoms with van der Waals surface area (Å²) in [7, 11) is 0. The Bertz CT molecular complexity index is 1450. The van der Waals surface area contributed by atoms with Crippen molar-refractivity contribution in [2.24, 2.45) is 4.99 Å². The lowest BCUT2D eigenvalue weighted by atomic mass is 9.83. The number of unbranched alkanes of at least 4 members (excludes halogenated alkanes) is 1. The fourth-order valence-electron chi connectivity index (χ4n) is 5.58. The van der Waals surface area contributed by atoms with Crippen molar-refractivity contribution in [1.29, 1.82) is 0 Å². The number of carbonyl (C=O) groups is 5. The molecule has 2 unspecified atom stereocenters. The average molecular weight is 557 g/mol. The van der Waals surface area contributed by atoms with E-state index < -0.39 is 11.9 Å². The zero-order chi connectivity index (χ0) is 28.9. The summed E-state index contributed by atoms with van der Waals surface area (Å²) in [5.74, 6) is -1.43. The van der Waals surface area contributed by atoms with Gasteiger partial charge in [-0.2, -0.15) is 0 Å². The summed E-state index contributed by atoms with van der Waals surface area (Å²) in [5.41, 5.74) is 2.90. The zero-order valence-corrected chi connectivity index (χ0v) is 22.6. The van der Waals surface area contributed by atoms with E-state index in [-0.39, 0.29) is 66.6 Å². The van der Waals surface area contributed by atoms with Gasteiger partial charge in [-0.25, -0.2) is 0 Å². The Morgan fingerprint density at radius 1 is 1.05 bits per heavy atom. The van der Waals surface area contributed by atoms with E-state index in [1.165, 1.54) is 11.1 Å². The fourth-order valence-corrected chi connectivity index (χ4v) is 5.58. The number of piperidine rings is 1. The smallest absolute Gasteiger partial charge is 0.255 e. The first kappa shape index (κ1) is 27.9. The molecule has 0 radical (unpaired) electrons. The molecule has 2 aromatic carbocycles. The Morgan fingerprint density at radius 3 is 2.61 bits per heavy atom. The first-order chi connectivity index (χ1) is 19.8. The average Bonchev–Trinajstić information content (AvgIpc) is 3.29. The number of hydrogen-bond donors (Lipinski definition) is 3. The van der Waals surface area contributed by atoms with Crippen LogP contribution in [0.3, 0.4) is 0 Å². The maximum absolute atomic E-state index is 13.0. The Balaban J connectivity index is 1.09. The van der Waals surface area contributed by atoms with Crippen LogP contribution >= 0.6 is 0 Å². The summed E-state index contributed by atoms with van der Waals surface area (Å²) in [5, 5.41) is 15.6. The molecule has 2 heterocycles. The van der Waals surface area contributed by atoms with Gasteiger partial charge in [0.15, 0.2) is 5.78 Å². The van der Waals surface area contributed by atoms with Gasteiger partial charge in [-0.3, -0.25) is 34.3 Å². The first-order valence-corrected chi connectivity index (χ1v) is 13.9. The van der Waals surface area contributed by atoms with E-state index in [9.17, 15) is 29.1 Å². The highest BCUT2D eigenvalue weighted by Gasteiger charge is 2.40. The van der Waals surface area contributed by atoms with Crippen molar-refractivity contribution in [2.75, 3.05) is 11.9 Å². The van der Waals surface area contributed by atoms with Crippen LogP contribution in [0, 0.1) is 0 Å². The fraction of sp³-hybridized carbons (Fsp3) is 0.355. The minimum atomic E-state index is -0.719. The zero-order valence-electron chi connectivity index (χ0n) is 22.6. The number of hydrogen-bond acceptors (Lipinski definition) is 7. The number of aliphatic hydroxyl groups is 1. The molecule has 0 spiro atoms. The number of ketones is 1. The molecule has 10 heteroatoms. The quantitative estimate of drug-likeness (QED) is 0.245. The van der Waals surface area contributed by atoms with Gasteiger partial charge in [0.1, 0.15) is 11.8 Å². The van der Waals surface area contributed by atoms with Gasteiger partial charge in [-0.15, -0.1) is 0 Å². The number of benzene rings is 2. The second kappa shape index (κ2) is 12.3. The largest absolute Gasteiger partial charge is 0.511 e. The number of carbonyl (C=O) groups excluding carboxylic acids is 5. The van der Waals surface area contributed by atoms with Crippen molar-refractivity contribution >= 4 is 41.3 Å². The van der Waals surface area contributed by atoms with Gasteiger partial charge >= 0.3 is 0 Å². The third kappa shape index (κ3) is 6.26. The number of aliphatic imine (C=N–C) groups is 1. The van der Waals surface area contributed by atoms with E-state index in [4.69, 9.17) is 0 Å². The van der Waals surface area contributed by atoms with E-state index in [2.05, 4.69) is 15.6 Å². The monoisotopic (exact) mass is 556 g/mol. The number of amides is 4. The summed E-state index contributed by atoms with van der Waals surface area (Å²) in [6.45, 7) is 0.592. The predicted molar refractivity (Wildman–Crippen MR) is 151 cm³/mol. The molecule has 41 heavy (non-hydrogen) atoms. The molecule has 2 aromatic rings. The minimum Gasteiger partial charge on any atom is -0.511 e. The van der Waals surface area contributed by atoms with Crippen LogP contribution in [0.4, 0.5) is 5.69 Å². The maximum atomic E-state index is 13.0. The molecule has 2 aliphatic heterocycles. The third-order valence-electron chi connectivity index (χ3n) is 7.77. The lowest BCUT2D eigenvalue weighted by Crippen LogP contribution is -2.52. The van der Waals surface area contributed by atoms with Gasteiger partial charge in [0.05, 0.1) is 5.57 Å². The van der Waals surface area contributed by atoms with Crippen LogP contribution in [0.5, 0.6) is 0 Å². The highest BCUT2D eigenvalue weighted by atomic mass is 16.3. The van der Waals surface area contributed by atoms with Crippen LogP contribution in [0.15, 0.2) is 64.9 Å². The van der Waals surface area contributed by atoms with Crippen LogP contribution in [-0.4, -0.2) is 58.2 Å². The third-order valence-corrected chi connectivity index (χ3v) is 7.77. The van der Waals surface area contributed by atoms with Gasteiger partial charge in [-0.1, -0.05) is 36.4 Å². The Morgan fingerprint density at radius 2 is 1.85 bits per heavy atom. The molecule has 212 valence electrons. The molecule has 1 saturated heterocycles. The van der Waals surface area contributed by atoms with Gasteiger partial charge in [-0.05, 0) is 42.9 Å². The van der Waals surface area contributed by atoms with E-state index in [0.717, 1.165) is 5.56 Å². The number of aliphatic hydroxyl groups excluding tert-OH is 1. The number of Topliss-reactive ketones (excluding diaryl/α,β-unsaturated/α-hetero) is 1. The number of anilines is 1. The van der Waals surface area contributed by atoms with Crippen molar-refractivity contribution in [1.82, 2.24) is 10.2 Å².